The number of hydrogen-bond donors (Lipinski definition) is 0. The van der Waals surface area contributed by atoms with Crippen LogP contribution in [0.4, 0.5) is 4.79 Å². The van der Waals surface area contributed by atoms with E-state index in [1.807, 2.05) is 48.6 Å². The molecule has 0 saturated heterocycles. The van der Waals surface area contributed by atoms with E-state index in [2.05, 4.69) is 16.9 Å². The van der Waals surface area contributed by atoms with Gasteiger partial charge < -0.3 is 14.2 Å². The van der Waals surface area contributed by atoms with E-state index in [0.29, 0.717) is 17.1 Å². The molecule has 0 heterocycles. The zero-order valence-electron chi connectivity index (χ0n) is 16.9. The number of hydrogen-bond acceptors (Lipinski definition) is 5. The van der Waals surface area contributed by atoms with Gasteiger partial charge in [-0.1, -0.05) is 60.7 Å². The summed E-state index contributed by atoms with van der Waals surface area (Å²) in [4.78, 5) is 23.6. The molecular weight excluding hydrogens is 392 g/mol. The van der Waals surface area contributed by atoms with E-state index in [1.54, 1.807) is 36.4 Å². The highest BCUT2D eigenvalue weighted by Crippen LogP contribution is 2.26. The van der Waals surface area contributed by atoms with Gasteiger partial charge in [-0.2, -0.15) is 0 Å². The Kier molecular flexibility index (Phi) is 5.94. The van der Waals surface area contributed by atoms with Gasteiger partial charge in [0.25, 0.3) is 0 Å². The zero-order chi connectivity index (χ0) is 21.6. The van der Waals surface area contributed by atoms with E-state index in [1.165, 1.54) is 7.11 Å². The minimum atomic E-state index is -0.763. The van der Waals surface area contributed by atoms with Crippen LogP contribution in [0.3, 0.4) is 0 Å². The van der Waals surface area contributed by atoms with Crippen molar-refractivity contribution in [2.75, 3.05) is 7.11 Å². The second kappa shape index (κ2) is 9.13. The molecule has 31 heavy (non-hydrogen) atoms. The van der Waals surface area contributed by atoms with E-state index in [9.17, 15) is 9.59 Å². The topological polar surface area (TPSA) is 61.8 Å². The lowest BCUT2D eigenvalue weighted by Crippen LogP contribution is -2.08. The van der Waals surface area contributed by atoms with Crippen LogP contribution in [0.2, 0.25) is 0 Å². The third-order valence-electron chi connectivity index (χ3n) is 4.90. The third-order valence-corrected chi connectivity index (χ3v) is 4.90. The average Bonchev–Trinajstić information content (AvgIpc) is 3.35. The van der Waals surface area contributed by atoms with E-state index >= 15 is 0 Å². The molecule has 0 aliphatic heterocycles. The number of carbonyl (C=O) groups is 2. The Morgan fingerprint density at radius 1 is 0.677 bits per heavy atom. The van der Waals surface area contributed by atoms with Crippen molar-refractivity contribution in [3.8, 4) is 22.6 Å². The molecule has 5 nitrogen and oxygen atoms in total. The molecule has 1 aliphatic rings. The summed E-state index contributed by atoms with van der Waals surface area (Å²) in [6, 6.07) is 21.7. The lowest BCUT2D eigenvalue weighted by Gasteiger charge is -2.09. The Morgan fingerprint density at radius 2 is 1.19 bits per heavy atom. The summed E-state index contributed by atoms with van der Waals surface area (Å²) in [5.41, 5.74) is 3.50. The highest BCUT2D eigenvalue weighted by atomic mass is 16.7. The molecule has 154 valence electrons. The Morgan fingerprint density at radius 3 is 1.71 bits per heavy atom. The van der Waals surface area contributed by atoms with Crippen LogP contribution in [0.1, 0.15) is 21.8 Å². The second-order valence-electron chi connectivity index (χ2n) is 6.91. The van der Waals surface area contributed by atoms with Gasteiger partial charge in [0, 0.05) is 5.92 Å². The predicted molar refractivity (Wildman–Crippen MR) is 117 cm³/mol. The maximum atomic E-state index is 12.5. The number of ether oxygens (including phenoxy) is 3. The summed E-state index contributed by atoms with van der Waals surface area (Å²) in [7, 11) is 1.26. The molecular formula is C26H20O5. The number of methoxy groups -OCH3 is 1. The van der Waals surface area contributed by atoms with Gasteiger partial charge in [0.1, 0.15) is 11.5 Å². The van der Waals surface area contributed by atoms with Gasteiger partial charge in [-0.25, -0.2) is 9.59 Å². The summed E-state index contributed by atoms with van der Waals surface area (Å²) >= 11 is 0. The summed E-state index contributed by atoms with van der Waals surface area (Å²) in [5, 5.41) is 0. The van der Waals surface area contributed by atoms with Crippen LogP contribution in [0.5, 0.6) is 11.5 Å². The Bertz CT molecular complexity index is 1110. The number of rotatable bonds is 5. The molecule has 0 aromatic heterocycles. The van der Waals surface area contributed by atoms with Gasteiger partial charge >= 0.3 is 12.1 Å². The predicted octanol–water partition coefficient (Wildman–Crippen LogP) is 5.93. The first kappa shape index (κ1) is 20.2. The van der Waals surface area contributed by atoms with Crippen LogP contribution >= 0.6 is 0 Å². The van der Waals surface area contributed by atoms with Crippen molar-refractivity contribution < 1.29 is 23.8 Å². The van der Waals surface area contributed by atoms with E-state index in [4.69, 9.17) is 9.47 Å². The maximum absolute atomic E-state index is 12.5. The molecule has 0 saturated carbocycles. The first-order chi connectivity index (χ1) is 15.1. The van der Waals surface area contributed by atoms with Gasteiger partial charge in [-0.05, 0) is 53.1 Å². The van der Waals surface area contributed by atoms with Gasteiger partial charge in [0.05, 0.1) is 12.7 Å². The van der Waals surface area contributed by atoms with Crippen molar-refractivity contribution in [1.29, 1.82) is 0 Å². The van der Waals surface area contributed by atoms with Crippen molar-refractivity contribution >= 4 is 12.1 Å². The molecule has 0 bridgehead atoms. The normalized spacial score (nSPS) is 12.5. The highest BCUT2D eigenvalue weighted by molar-refractivity contribution is 5.91. The molecule has 5 heteroatoms. The van der Waals surface area contributed by atoms with Crippen molar-refractivity contribution in [2.24, 2.45) is 0 Å². The summed E-state index contributed by atoms with van der Waals surface area (Å²) in [6.07, 6.45) is 7.48. The Hall–Kier alpha value is -4.12. The fraction of sp³-hybridized carbons (Fsp3) is 0.0769. The SMILES string of the molecule is COC(=O)Oc1ccc(-c2ccc(OC(=O)c3ccc(C4C=CC=C4)cc3)cc2)cc1. The molecule has 0 atom stereocenters. The quantitative estimate of drug-likeness (QED) is 0.295. The molecule has 0 amide bonds. The average molecular weight is 412 g/mol. The molecule has 0 N–H and O–H groups in total. The van der Waals surface area contributed by atoms with Crippen LogP contribution in [-0.4, -0.2) is 19.2 Å². The monoisotopic (exact) mass is 412 g/mol. The Balaban J connectivity index is 1.39. The zero-order valence-corrected chi connectivity index (χ0v) is 16.9. The van der Waals surface area contributed by atoms with E-state index in [-0.39, 0.29) is 5.92 Å². The minimum Gasteiger partial charge on any atom is -0.437 e. The van der Waals surface area contributed by atoms with Crippen LogP contribution in [-0.2, 0) is 4.74 Å². The van der Waals surface area contributed by atoms with Crippen molar-refractivity contribution in [3.05, 3.63) is 108 Å². The lowest BCUT2D eigenvalue weighted by atomic mass is 10.00. The summed E-state index contributed by atoms with van der Waals surface area (Å²) in [6.45, 7) is 0. The molecule has 0 spiro atoms. The van der Waals surface area contributed by atoms with Crippen LogP contribution in [0.15, 0.2) is 97.1 Å². The third kappa shape index (κ3) is 4.90. The fourth-order valence-corrected chi connectivity index (χ4v) is 3.23. The molecule has 3 aromatic carbocycles. The van der Waals surface area contributed by atoms with Crippen LogP contribution < -0.4 is 9.47 Å². The molecule has 3 aromatic rings. The van der Waals surface area contributed by atoms with Crippen LogP contribution in [0.25, 0.3) is 11.1 Å². The number of benzene rings is 3. The highest BCUT2D eigenvalue weighted by Gasteiger charge is 2.12. The largest absolute Gasteiger partial charge is 0.513 e. The number of esters is 1. The summed E-state index contributed by atoms with van der Waals surface area (Å²) < 4.78 is 14.9. The van der Waals surface area contributed by atoms with E-state index in [0.717, 1.165) is 16.7 Å². The fourth-order valence-electron chi connectivity index (χ4n) is 3.23. The summed E-state index contributed by atoms with van der Waals surface area (Å²) in [5.74, 6) is 0.720. The first-order valence-corrected chi connectivity index (χ1v) is 9.76. The minimum absolute atomic E-state index is 0.263. The van der Waals surface area contributed by atoms with Crippen LogP contribution in [0, 0.1) is 0 Å². The molecule has 0 unspecified atom stereocenters. The van der Waals surface area contributed by atoms with Gasteiger partial charge in [0.2, 0.25) is 0 Å². The number of allylic oxidation sites excluding steroid dienone is 4. The second-order valence-corrected chi connectivity index (χ2v) is 6.91. The van der Waals surface area contributed by atoms with E-state index < -0.39 is 12.1 Å². The lowest BCUT2D eigenvalue weighted by molar-refractivity contribution is 0.0734. The maximum Gasteiger partial charge on any atom is 0.513 e. The smallest absolute Gasteiger partial charge is 0.437 e. The van der Waals surface area contributed by atoms with Crippen molar-refractivity contribution in [3.63, 3.8) is 0 Å². The first-order valence-electron chi connectivity index (χ1n) is 9.76. The molecule has 0 fully saturated rings. The Labute approximate surface area is 180 Å². The van der Waals surface area contributed by atoms with Crippen molar-refractivity contribution in [1.82, 2.24) is 0 Å². The van der Waals surface area contributed by atoms with Gasteiger partial charge in [-0.15, -0.1) is 0 Å². The van der Waals surface area contributed by atoms with Gasteiger partial charge in [0.15, 0.2) is 0 Å². The standard InChI is InChI=1S/C26H20O5/c1-29-26(28)31-24-16-12-21(13-17-24)20-10-14-23(15-11-20)30-25(27)22-8-6-19(7-9-22)18-4-2-3-5-18/h2-18H,1H3. The van der Waals surface area contributed by atoms with Gasteiger partial charge in [-0.3, -0.25) is 0 Å². The molecule has 0 radical (unpaired) electrons. The molecule has 4 rings (SSSR count). The number of carbonyl (C=O) groups excluding carboxylic acids is 2. The molecule has 1 aliphatic carbocycles. The van der Waals surface area contributed by atoms with Crippen molar-refractivity contribution in [2.45, 2.75) is 5.92 Å².